The van der Waals surface area contributed by atoms with Crippen LogP contribution in [0.1, 0.15) is 5.56 Å². The third-order valence-electron chi connectivity index (χ3n) is 1.94. The summed E-state index contributed by atoms with van der Waals surface area (Å²) in [4.78, 5) is 1.16. The van der Waals surface area contributed by atoms with Crippen molar-refractivity contribution >= 4 is 49.1 Å². The van der Waals surface area contributed by atoms with E-state index in [1.807, 2.05) is 11.6 Å². The molecular weight excluding hydrogens is 278 g/mol. The largest absolute Gasteiger partial charge is 0.192 e. The van der Waals surface area contributed by atoms with Crippen molar-refractivity contribution in [2.75, 3.05) is 6.26 Å². The van der Waals surface area contributed by atoms with Gasteiger partial charge in [-0.05, 0) is 18.4 Å². The maximum atomic E-state index is 8.95. The fourth-order valence-corrected chi connectivity index (χ4v) is 3.78. The van der Waals surface area contributed by atoms with Gasteiger partial charge < -0.3 is 0 Å². The van der Waals surface area contributed by atoms with Crippen LogP contribution in [0.25, 0.3) is 10.1 Å². The molecule has 4 heteroatoms. The van der Waals surface area contributed by atoms with Crippen molar-refractivity contribution in [1.29, 1.82) is 5.26 Å². The summed E-state index contributed by atoms with van der Waals surface area (Å²) in [6, 6.07) is 6.34. The van der Waals surface area contributed by atoms with Crippen LogP contribution < -0.4 is 0 Å². The Balaban J connectivity index is 2.87. The highest BCUT2D eigenvalue weighted by Gasteiger charge is 2.09. The second kappa shape index (κ2) is 3.93. The first kappa shape index (κ1) is 10.0. The van der Waals surface area contributed by atoms with Gasteiger partial charge in [0.1, 0.15) is 6.07 Å². The Morgan fingerprint density at radius 1 is 1.50 bits per heavy atom. The van der Waals surface area contributed by atoms with Crippen molar-refractivity contribution in [3.63, 3.8) is 0 Å². The predicted octanol–water partition coefficient (Wildman–Crippen LogP) is 4.26. The van der Waals surface area contributed by atoms with Gasteiger partial charge in [-0.2, -0.15) is 5.26 Å². The van der Waals surface area contributed by atoms with Gasteiger partial charge in [-0.1, -0.05) is 15.9 Å². The lowest BCUT2D eigenvalue weighted by atomic mass is 10.2. The zero-order valence-electron chi connectivity index (χ0n) is 7.37. The Morgan fingerprint density at radius 2 is 2.29 bits per heavy atom. The molecule has 0 fully saturated rings. The molecule has 70 valence electrons. The molecule has 1 nitrogen and oxygen atoms in total. The zero-order chi connectivity index (χ0) is 10.1. The minimum Gasteiger partial charge on any atom is -0.192 e. The van der Waals surface area contributed by atoms with Crippen molar-refractivity contribution in [2.45, 2.75) is 4.90 Å². The number of fused-ring (bicyclic) bond motifs is 1. The van der Waals surface area contributed by atoms with Crippen LogP contribution in [0.5, 0.6) is 0 Å². The second-order valence-electron chi connectivity index (χ2n) is 2.74. The van der Waals surface area contributed by atoms with E-state index in [2.05, 4.69) is 34.1 Å². The van der Waals surface area contributed by atoms with E-state index in [1.54, 1.807) is 23.1 Å². The molecule has 1 aromatic heterocycles. The Kier molecular flexibility index (Phi) is 2.82. The van der Waals surface area contributed by atoms with Crippen LogP contribution in [0.2, 0.25) is 0 Å². The molecule has 2 rings (SSSR count). The average molecular weight is 284 g/mol. The number of rotatable bonds is 1. The summed E-state index contributed by atoms with van der Waals surface area (Å²) in [6.07, 6.45) is 2.03. The third-order valence-corrected chi connectivity index (χ3v) is 4.09. The summed E-state index contributed by atoms with van der Waals surface area (Å²) in [5.41, 5.74) is 0.779. The van der Waals surface area contributed by atoms with Crippen LogP contribution in [0.3, 0.4) is 0 Å². The Morgan fingerprint density at radius 3 is 2.93 bits per heavy atom. The van der Waals surface area contributed by atoms with E-state index < -0.39 is 0 Å². The van der Waals surface area contributed by atoms with E-state index in [0.717, 1.165) is 20.3 Å². The van der Waals surface area contributed by atoms with Gasteiger partial charge in [0, 0.05) is 24.8 Å². The van der Waals surface area contributed by atoms with Crippen molar-refractivity contribution in [3.05, 3.63) is 27.5 Å². The van der Waals surface area contributed by atoms with E-state index >= 15 is 0 Å². The number of thioether (sulfide) groups is 1. The molecule has 0 aliphatic rings. The molecule has 0 radical (unpaired) electrons. The van der Waals surface area contributed by atoms with E-state index in [-0.39, 0.29) is 0 Å². The lowest BCUT2D eigenvalue weighted by Gasteiger charge is -2.00. The molecule has 0 bridgehead atoms. The van der Waals surface area contributed by atoms with E-state index in [0.29, 0.717) is 0 Å². The highest BCUT2D eigenvalue weighted by atomic mass is 79.9. The number of hydrogen-bond acceptors (Lipinski definition) is 3. The summed E-state index contributed by atoms with van der Waals surface area (Å²) in [7, 11) is 0. The van der Waals surface area contributed by atoms with Gasteiger partial charge in [-0.15, -0.1) is 23.1 Å². The first-order valence-electron chi connectivity index (χ1n) is 3.91. The molecule has 0 amide bonds. The molecule has 0 saturated heterocycles. The summed E-state index contributed by atoms with van der Waals surface area (Å²) >= 11 is 6.75. The third kappa shape index (κ3) is 1.56. The normalized spacial score (nSPS) is 10.4. The van der Waals surface area contributed by atoms with Crippen molar-refractivity contribution in [3.8, 4) is 6.07 Å². The summed E-state index contributed by atoms with van der Waals surface area (Å²) in [5, 5.41) is 12.0. The second-order valence-corrected chi connectivity index (χ2v) is 5.42. The first-order valence-corrected chi connectivity index (χ1v) is 6.81. The molecular formula is C10H6BrNS2. The first-order chi connectivity index (χ1) is 6.76. The topological polar surface area (TPSA) is 23.8 Å². The van der Waals surface area contributed by atoms with Gasteiger partial charge in [-0.3, -0.25) is 0 Å². The Hall–Kier alpha value is -0.500. The van der Waals surface area contributed by atoms with Crippen LogP contribution in [0, 0.1) is 11.3 Å². The fraction of sp³-hybridized carbons (Fsp3) is 0.100. The lowest BCUT2D eigenvalue weighted by molar-refractivity contribution is 1.49. The summed E-state index contributed by atoms with van der Waals surface area (Å²) < 4.78 is 2.24. The lowest BCUT2D eigenvalue weighted by Crippen LogP contribution is -1.76. The standard InChI is InChI=1S/C10H6BrNS2/c1-13-8-2-7(11)3-9-10(8)6(4-12)5-14-9/h2-3,5H,1H3. The number of nitriles is 1. The molecule has 0 atom stereocenters. The molecule has 0 spiro atoms. The number of thiophene rings is 1. The number of halogens is 1. The summed E-state index contributed by atoms with van der Waals surface area (Å²) in [5.74, 6) is 0. The minimum absolute atomic E-state index is 0.779. The number of nitrogens with zero attached hydrogens (tertiary/aromatic N) is 1. The molecule has 0 saturated carbocycles. The molecule has 2 aromatic rings. The maximum absolute atomic E-state index is 8.95. The molecule has 0 aliphatic carbocycles. The van der Waals surface area contributed by atoms with Gasteiger partial charge in [0.15, 0.2) is 0 Å². The smallest absolute Gasteiger partial charge is 0.101 e. The molecule has 0 unspecified atom stereocenters. The zero-order valence-corrected chi connectivity index (χ0v) is 10.6. The molecule has 1 aromatic carbocycles. The number of hydrogen-bond donors (Lipinski definition) is 0. The Bertz CT molecular complexity index is 525. The van der Waals surface area contributed by atoms with Crippen LogP contribution >= 0.6 is 39.0 Å². The van der Waals surface area contributed by atoms with Gasteiger partial charge in [0.25, 0.3) is 0 Å². The molecule has 0 N–H and O–H groups in total. The molecule has 0 aliphatic heterocycles. The quantitative estimate of drug-likeness (QED) is 0.731. The van der Waals surface area contributed by atoms with Crippen LogP contribution in [-0.2, 0) is 0 Å². The maximum Gasteiger partial charge on any atom is 0.101 e. The van der Waals surface area contributed by atoms with E-state index in [1.165, 1.54) is 4.70 Å². The number of benzene rings is 1. The van der Waals surface area contributed by atoms with Crippen molar-refractivity contribution < 1.29 is 0 Å². The van der Waals surface area contributed by atoms with Gasteiger partial charge in [0.2, 0.25) is 0 Å². The highest BCUT2D eigenvalue weighted by molar-refractivity contribution is 9.10. The predicted molar refractivity (Wildman–Crippen MR) is 66.0 cm³/mol. The highest BCUT2D eigenvalue weighted by Crippen LogP contribution is 2.36. The van der Waals surface area contributed by atoms with E-state index in [9.17, 15) is 0 Å². The van der Waals surface area contributed by atoms with Crippen molar-refractivity contribution in [1.82, 2.24) is 0 Å². The van der Waals surface area contributed by atoms with Gasteiger partial charge in [-0.25, -0.2) is 0 Å². The van der Waals surface area contributed by atoms with Gasteiger partial charge >= 0.3 is 0 Å². The molecule has 1 heterocycles. The van der Waals surface area contributed by atoms with Crippen LogP contribution in [-0.4, -0.2) is 6.26 Å². The van der Waals surface area contributed by atoms with Gasteiger partial charge in [0.05, 0.1) is 5.56 Å². The average Bonchev–Trinajstić information content (AvgIpc) is 2.59. The monoisotopic (exact) mass is 283 g/mol. The fourth-order valence-electron chi connectivity index (χ4n) is 1.34. The minimum atomic E-state index is 0.779. The molecule has 14 heavy (non-hydrogen) atoms. The summed E-state index contributed by atoms with van der Waals surface area (Å²) in [6.45, 7) is 0. The Labute approximate surface area is 98.9 Å². The SMILES string of the molecule is CSc1cc(Br)cc2scc(C#N)c12. The van der Waals surface area contributed by atoms with Crippen LogP contribution in [0.15, 0.2) is 26.9 Å². The van der Waals surface area contributed by atoms with Crippen molar-refractivity contribution in [2.24, 2.45) is 0 Å². The van der Waals surface area contributed by atoms with Crippen LogP contribution in [0.4, 0.5) is 0 Å². The van der Waals surface area contributed by atoms with E-state index in [4.69, 9.17) is 5.26 Å².